The summed E-state index contributed by atoms with van der Waals surface area (Å²) in [6.45, 7) is 3.98. The first-order valence-corrected chi connectivity index (χ1v) is 8.83. The second-order valence-electron chi connectivity index (χ2n) is 5.78. The number of H-pyrrole nitrogens is 1. The zero-order chi connectivity index (χ0) is 17.4. The van der Waals surface area contributed by atoms with Crippen LogP contribution in [0.4, 0.5) is 0 Å². The lowest BCUT2D eigenvalue weighted by Crippen LogP contribution is -2.28. The Labute approximate surface area is 147 Å². The molecule has 0 spiro atoms. The maximum Gasteiger partial charge on any atom is 0.329 e. The highest BCUT2D eigenvalue weighted by Crippen LogP contribution is 2.30. The smallest absolute Gasteiger partial charge is 0.279 e. The Bertz CT molecular complexity index is 1000. The van der Waals surface area contributed by atoms with Gasteiger partial charge in [0.2, 0.25) is 0 Å². The molecular formula is C16H17ClN4O2S. The number of hydrogen-bond donors (Lipinski definition) is 1. The Morgan fingerprint density at radius 2 is 1.92 bits per heavy atom. The van der Waals surface area contributed by atoms with E-state index in [2.05, 4.69) is 10.1 Å². The number of nitrogens with one attached hydrogen (secondary N) is 1. The Kier molecular flexibility index (Phi) is 4.56. The molecule has 0 bridgehead atoms. The van der Waals surface area contributed by atoms with Crippen LogP contribution in [-0.4, -0.2) is 19.3 Å². The van der Waals surface area contributed by atoms with Crippen molar-refractivity contribution < 1.29 is 0 Å². The van der Waals surface area contributed by atoms with Gasteiger partial charge in [0.1, 0.15) is 10.4 Å². The van der Waals surface area contributed by atoms with E-state index in [0.717, 1.165) is 10.6 Å². The van der Waals surface area contributed by atoms with E-state index in [1.165, 1.54) is 16.3 Å². The third kappa shape index (κ3) is 3.01. The minimum atomic E-state index is -0.463. The molecule has 126 valence electrons. The van der Waals surface area contributed by atoms with E-state index < -0.39 is 11.2 Å². The Morgan fingerprint density at radius 3 is 2.54 bits per heavy atom. The molecule has 0 fully saturated rings. The number of nitrogens with zero attached hydrogens (tertiary/aromatic N) is 3. The summed E-state index contributed by atoms with van der Waals surface area (Å²) in [6, 6.07) is 7.65. The fourth-order valence-electron chi connectivity index (χ4n) is 2.40. The predicted molar refractivity (Wildman–Crippen MR) is 97.0 cm³/mol. The molecule has 0 aliphatic heterocycles. The fraction of sp³-hybridized carbons (Fsp3) is 0.312. The summed E-state index contributed by atoms with van der Waals surface area (Å²) in [5, 5.41) is 6.37. The number of aromatic amines is 1. The number of thioether (sulfide) groups is 1. The third-order valence-corrected chi connectivity index (χ3v) is 5.09. The van der Waals surface area contributed by atoms with Crippen molar-refractivity contribution in [2.24, 2.45) is 7.05 Å². The number of fused-ring (bicyclic) bond motifs is 1. The van der Waals surface area contributed by atoms with E-state index in [0.29, 0.717) is 21.8 Å². The Balaban J connectivity index is 2.10. The third-order valence-electron chi connectivity index (χ3n) is 3.70. The summed E-state index contributed by atoms with van der Waals surface area (Å²) >= 11 is 7.43. The maximum atomic E-state index is 12.3. The normalized spacial score (nSPS) is 11.5. The average molecular weight is 365 g/mol. The lowest BCUT2D eigenvalue weighted by atomic mass is 10.2. The van der Waals surface area contributed by atoms with Crippen LogP contribution in [-0.2, 0) is 12.8 Å². The topological polar surface area (TPSA) is 72.7 Å². The lowest BCUT2D eigenvalue weighted by Gasteiger charge is -2.10. The van der Waals surface area contributed by atoms with Gasteiger partial charge >= 0.3 is 5.69 Å². The van der Waals surface area contributed by atoms with Crippen LogP contribution in [0.1, 0.15) is 25.5 Å². The van der Waals surface area contributed by atoms with Crippen LogP contribution in [0.5, 0.6) is 0 Å². The molecule has 0 radical (unpaired) electrons. The van der Waals surface area contributed by atoms with Gasteiger partial charge in [0.15, 0.2) is 5.65 Å². The number of aromatic nitrogens is 4. The van der Waals surface area contributed by atoms with Gasteiger partial charge in [-0.25, -0.2) is 4.79 Å². The molecule has 0 saturated heterocycles. The van der Waals surface area contributed by atoms with Gasteiger partial charge in [-0.2, -0.15) is 5.10 Å². The molecule has 1 aromatic carbocycles. The first-order valence-electron chi connectivity index (χ1n) is 7.47. The molecule has 2 heterocycles. The summed E-state index contributed by atoms with van der Waals surface area (Å²) in [6.07, 6.45) is 0. The predicted octanol–water partition coefficient (Wildman–Crippen LogP) is 2.95. The molecule has 0 aliphatic rings. The molecule has 0 atom stereocenters. The van der Waals surface area contributed by atoms with Crippen molar-refractivity contribution >= 4 is 34.4 Å². The molecule has 24 heavy (non-hydrogen) atoms. The summed E-state index contributed by atoms with van der Waals surface area (Å²) in [4.78, 5) is 26.5. The molecule has 3 aromatic rings. The van der Waals surface area contributed by atoms with Crippen molar-refractivity contribution in [2.75, 3.05) is 0 Å². The van der Waals surface area contributed by atoms with Crippen LogP contribution >= 0.6 is 23.4 Å². The maximum absolute atomic E-state index is 12.3. The molecule has 0 saturated carbocycles. The molecule has 6 nitrogen and oxygen atoms in total. The van der Waals surface area contributed by atoms with E-state index in [4.69, 9.17) is 11.6 Å². The van der Waals surface area contributed by atoms with Crippen LogP contribution in [0.3, 0.4) is 0 Å². The number of halogens is 1. The van der Waals surface area contributed by atoms with E-state index in [1.54, 1.807) is 11.7 Å². The summed E-state index contributed by atoms with van der Waals surface area (Å²) in [7, 11) is 1.60. The summed E-state index contributed by atoms with van der Waals surface area (Å²) < 4.78 is 3.15. The molecular weight excluding hydrogens is 348 g/mol. The summed E-state index contributed by atoms with van der Waals surface area (Å²) in [5.74, 6) is 0.674. The Hall–Kier alpha value is -1.99. The first kappa shape index (κ1) is 16.9. The molecule has 8 heteroatoms. The van der Waals surface area contributed by atoms with Crippen LogP contribution < -0.4 is 11.2 Å². The van der Waals surface area contributed by atoms with Gasteiger partial charge < -0.3 is 0 Å². The molecule has 1 N–H and O–H groups in total. The van der Waals surface area contributed by atoms with Gasteiger partial charge in [-0.1, -0.05) is 23.7 Å². The van der Waals surface area contributed by atoms with Gasteiger partial charge in [0.25, 0.3) is 5.56 Å². The molecule has 0 unspecified atom stereocenters. The molecule has 2 aromatic heterocycles. The highest BCUT2D eigenvalue weighted by Gasteiger charge is 2.19. The average Bonchev–Trinajstić information content (AvgIpc) is 2.92. The number of aryl methyl sites for hydroxylation is 1. The second-order valence-corrected chi connectivity index (χ2v) is 7.18. The monoisotopic (exact) mass is 364 g/mol. The quantitative estimate of drug-likeness (QED) is 0.722. The van der Waals surface area contributed by atoms with Crippen LogP contribution in [0.25, 0.3) is 11.0 Å². The van der Waals surface area contributed by atoms with Crippen molar-refractivity contribution in [3.05, 3.63) is 55.7 Å². The Morgan fingerprint density at radius 1 is 1.25 bits per heavy atom. The second kappa shape index (κ2) is 6.49. The highest BCUT2D eigenvalue weighted by atomic mass is 35.5. The standard InChI is InChI=1S/C16H17ClN4O2S/c1-9(2)21-15(24-8-10-4-6-11(17)7-5-10)12-13(19-21)20(3)16(23)18-14(12)22/h4-7,9H,8H2,1-3H3,(H,18,22,23). The van der Waals surface area contributed by atoms with Gasteiger partial charge in [-0.15, -0.1) is 11.8 Å². The number of rotatable bonds is 4. The zero-order valence-electron chi connectivity index (χ0n) is 13.5. The van der Waals surface area contributed by atoms with Crippen molar-refractivity contribution in [1.29, 1.82) is 0 Å². The fourth-order valence-corrected chi connectivity index (χ4v) is 3.74. The molecule has 0 amide bonds. The number of benzene rings is 1. The largest absolute Gasteiger partial charge is 0.329 e. The van der Waals surface area contributed by atoms with Crippen LogP contribution in [0, 0.1) is 0 Å². The number of hydrogen-bond acceptors (Lipinski definition) is 4. The zero-order valence-corrected chi connectivity index (χ0v) is 15.1. The van der Waals surface area contributed by atoms with Gasteiger partial charge in [-0.3, -0.25) is 19.0 Å². The van der Waals surface area contributed by atoms with Gasteiger partial charge in [0.05, 0.1) is 0 Å². The molecule has 0 aliphatic carbocycles. The van der Waals surface area contributed by atoms with Crippen molar-refractivity contribution in [2.45, 2.75) is 30.7 Å². The van der Waals surface area contributed by atoms with Gasteiger partial charge in [0, 0.05) is 23.9 Å². The SMILES string of the molecule is CC(C)n1nc2c(c1SCc1ccc(Cl)cc1)c(=O)[nH]c(=O)n2C. The van der Waals surface area contributed by atoms with E-state index in [9.17, 15) is 9.59 Å². The highest BCUT2D eigenvalue weighted by molar-refractivity contribution is 7.98. The first-order chi connectivity index (χ1) is 11.4. The van der Waals surface area contributed by atoms with Crippen molar-refractivity contribution in [3.8, 4) is 0 Å². The van der Waals surface area contributed by atoms with E-state index in [-0.39, 0.29) is 6.04 Å². The van der Waals surface area contributed by atoms with Crippen LogP contribution in [0.15, 0.2) is 38.9 Å². The van der Waals surface area contributed by atoms with E-state index in [1.807, 2.05) is 38.1 Å². The van der Waals surface area contributed by atoms with Gasteiger partial charge in [-0.05, 0) is 31.5 Å². The summed E-state index contributed by atoms with van der Waals surface area (Å²) in [5.41, 5.74) is 0.625. The van der Waals surface area contributed by atoms with E-state index >= 15 is 0 Å². The van der Waals surface area contributed by atoms with Crippen molar-refractivity contribution in [1.82, 2.24) is 19.3 Å². The van der Waals surface area contributed by atoms with Crippen LogP contribution in [0.2, 0.25) is 5.02 Å². The van der Waals surface area contributed by atoms with Crippen molar-refractivity contribution in [3.63, 3.8) is 0 Å². The molecule has 3 rings (SSSR count). The minimum absolute atomic E-state index is 0.0691. The minimum Gasteiger partial charge on any atom is -0.279 e. The lowest BCUT2D eigenvalue weighted by molar-refractivity contribution is 0.496.